The maximum absolute atomic E-state index is 10.8. The van der Waals surface area contributed by atoms with E-state index in [9.17, 15) is 4.79 Å². The van der Waals surface area contributed by atoms with Gasteiger partial charge in [0.15, 0.2) is 0 Å². The quantitative estimate of drug-likeness (QED) is 0.904. The van der Waals surface area contributed by atoms with Gasteiger partial charge in [0.25, 0.3) is 0 Å². The summed E-state index contributed by atoms with van der Waals surface area (Å²) in [4.78, 5) is 15.6. The molecule has 19 heavy (non-hydrogen) atoms. The number of carbonyl (C=O) groups is 1. The van der Waals surface area contributed by atoms with Gasteiger partial charge in [0, 0.05) is 31.9 Å². The van der Waals surface area contributed by atoms with Crippen LogP contribution in [0.2, 0.25) is 0 Å². The van der Waals surface area contributed by atoms with Crippen LogP contribution in [0.5, 0.6) is 0 Å². The lowest BCUT2D eigenvalue weighted by Crippen LogP contribution is -2.43. The van der Waals surface area contributed by atoms with Crippen molar-refractivity contribution < 1.29 is 9.90 Å². The van der Waals surface area contributed by atoms with Gasteiger partial charge in [-0.05, 0) is 43.7 Å². The molecule has 0 unspecified atom stereocenters. The highest BCUT2D eigenvalue weighted by Gasteiger charge is 2.21. The number of rotatable bonds is 4. The molecule has 4 nitrogen and oxygen atoms in total. The summed E-state index contributed by atoms with van der Waals surface area (Å²) >= 11 is 0. The second-order valence-electron chi connectivity index (χ2n) is 5.13. The number of benzene rings is 1. The van der Waals surface area contributed by atoms with Gasteiger partial charge >= 0.3 is 5.97 Å². The Hall–Kier alpha value is -1.55. The molecule has 0 amide bonds. The summed E-state index contributed by atoms with van der Waals surface area (Å²) in [6, 6.07) is 7.70. The molecule has 1 heterocycles. The van der Waals surface area contributed by atoms with E-state index < -0.39 is 5.97 Å². The Balaban J connectivity index is 1.99. The first kappa shape index (κ1) is 13.9. The molecule has 1 aromatic carbocycles. The number of hydrogen-bond donors (Lipinski definition) is 1. The van der Waals surface area contributed by atoms with Gasteiger partial charge in [-0.3, -0.25) is 0 Å². The minimum atomic E-state index is -0.870. The third kappa shape index (κ3) is 3.26. The number of carboxylic acids is 1. The van der Waals surface area contributed by atoms with E-state index in [0.717, 1.165) is 25.3 Å². The third-order valence-corrected chi connectivity index (χ3v) is 4.07. The van der Waals surface area contributed by atoms with Crippen molar-refractivity contribution >= 4 is 11.7 Å². The molecule has 1 saturated heterocycles. The molecule has 2 rings (SSSR count). The van der Waals surface area contributed by atoms with Crippen LogP contribution in [-0.2, 0) is 0 Å². The SMILES string of the molecule is CCN1CCC(N(C)c2ccc(C(=O)O)cc2)CC1. The molecule has 0 saturated carbocycles. The average Bonchev–Trinajstić information content (AvgIpc) is 2.46. The van der Waals surface area contributed by atoms with Crippen LogP contribution in [0.4, 0.5) is 5.69 Å². The predicted molar refractivity (Wildman–Crippen MR) is 76.9 cm³/mol. The average molecular weight is 262 g/mol. The maximum Gasteiger partial charge on any atom is 0.335 e. The Bertz CT molecular complexity index is 422. The van der Waals surface area contributed by atoms with Gasteiger partial charge in [-0.2, -0.15) is 0 Å². The molecule has 0 radical (unpaired) electrons. The van der Waals surface area contributed by atoms with E-state index in [4.69, 9.17) is 5.11 Å². The molecule has 0 spiro atoms. The molecule has 1 N–H and O–H groups in total. The van der Waals surface area contributed by atoms with E-state index in [1.165, 1.54) is 12.8 Å². The van der Waals surface area contributed by atoms with Gasteiger partial charge in [0.2, 0.25) is 0 Å². The van der Waals surface area contributed by atoms with E-state index in [-0.39, 0.29) is 0 Å². The standard InChI is InChI=1S/C15H22N2O2/c1-3-17-10-8-14(9-11-17)16(2)13-6-4-12(5-7-13)15(18)19/h4-7,14H,3,8-11H2,1-2H3,(H,18,19). The van der Waals surface area contributed by atoms with Crippen molar-refractivity contribution in [1.82, 2.24) is 4.90 Å². The molecule has 1 fully saturated rings. The Morgan fingerprint density at radius 3 is 2.37 bits per heavy atom. The Morgan fingerprint density at radius 2 is 1.89 bits per heavy atom. The summed E-state index contributed by atoms with van der Waals surface area (Å²) in [6.07, 6.45) is 2.34. The van der Waals surface area contributed by atoms with Gasteiger partial charge in [-0.25, -0.2) is 4.79 Å². The van der Waals surface area contributed by atoms with Crippen molar-refractivity contribution in [2.75, 3.05) is 31.6 Å². The first-order valence-electron chi connectivity index (χ1n) is 6.90. The smallest absolute Gasteiger partial charge is 0.335 e. The zero-order valence-electron chi connectivity index (χ0n) is 11.7. The fraction of sp³-hybridized carbons (Fsp3) is 0.533. The van der Waals surface area contributed by atoms with Gasteiger partial charge in [-0.15, -0.1) is 0 Å². The molecule has 0 bridgehead atoms. The van der Waals surface area contributed by atoms with Crippen LogP contribution in [0.15, 0.2) is 24.3 Å². The lowest BCUT2D eigenvalue weighted by molar-refractivity contribution is 0.0697. The van der Waals surface area contributed by atoms with Gasteiger partial charge in [-0.1, -0.05) is 6.92 Å². The molecule has 1 aliphatic rings. The fourth-order valence-electron chi connectivity index (χ4n) is 2.67. The number of nitrogens with zero attached hydrogens (tertiary/aromatic N) is 2. The highest BCUT2D eigenvalue weighted by Crippen LogP contribution is 2.22. The van der Waals surface area contributed by atoms with Crippen molar-refractivity contribution in [1.29, 1.82) is 0 Å². The second-order valence-corrected chi connectivity index (χ2v) is 5.13. The summed E-state index contributed by atoms with van der Waals surface area (Å²) in [5, 5.41) is 8.90. The summed E-state index contributed by atoms with van der Waals surface area (Å²) in [5.74, 6) is -0.870. The van der Waals surface area contributed by atoms with Crippen LogP contribution in [-0.4, -0.2) is 48.7 Å². The number of hydrogen-bond acceptors (Lipinski definition) is 3. The van der Waals surface area contributed by atoms with Crippen LogP contribution in [0, 0.1) is 0 Å². The Labute approximate surface area is 114 Å². The highest BCUT2D eigenvalue weighted by molar-refractivity contribution is 5.88. The molecular formula is C15H22N2O2. The summed E-state index contributed by atoms with van der Waals surface area (Å²) in [5.41, 5.74) is 1.44. The summed E-state index contributed by atoms with van der Waals surface area (Å²) in [7, 11) is 2.10. The molecular weight excluding hydrogens is 240 g/mol. The van der Waals surface area contributed by atoms with Crippen molar-refractivity contribution in [3.8, 4) is 0 Å². The van der Waals surface area contributed by atoms with E-state index >= 15 is 0 Å². The van der Waals surface area contributed by atoms with Crippen LogP contribution in [0.3, 0.4) is 0 Å². The van der Waals surface area contributed by atoms with Crippen molar-refractivity contribution in [2.45, 2.75) is 25.8 Å². The van der Waals surface area contributed by atoms with Crippen molar-refractivity contribution in [3.63, 3.8) is 0 Å². The summed E-state index contributed by atoms with van der Waals surface area (Å²) in [6.45, 7) is 5.63. The lowest BCUT2D eigenvalue weighted by atomic mass is 10.0. The third-order valence-electron chi connectivity index (χ3n) is 4.07. The maximum atomic E-state index is 10.8. The molecule has 1 aliphatic heterocycles. The molecule has 4 heteroatoms. The van der Waals surface area contributed by atoms with E-state index in [2.05, 4.69) is 23.8 Å². The van der Waals surface area contributed by atoms with Crippen LogP contribution in [0.1, 0.15) is 30.1 Å². The van der Waals surface area contributed by atoms with Gasteiger partial charge in [0.1, 0.15) is 0 Å². The van der Waals surface area contributed by atoms with Crippen molar-refractivity contribution in [3.05, 3.63) is 29.8 Å². The fourth-order valence-corrected chi connectivity index (χ4v) is 2.67. The predicted octanol–water partition coefficient (Wildman–Crippen LogP) is 2.31. The summed E-state index contributed by atoms with van der Waals surface area (Å²) < 4.78 is 0. The molecule has 0 atom stereocenters. The van der Waals surface area contributed by atoms with Crippen molar-refractivity contribution in [2.24, 2.45) is 0 Å². The number of carboxylic acid groups (broad SMARTS) is 1. The highest BCUT2D eigenvalue weighted by atomic mass is 16.4. The number of likely N-dealkylation sites (tertiary alicyclic amines) is 1. The molecule has 0 aromatic heterocycles. The van der Waals surface area contributed by atoms with Crippen LogP contribution in [0.25, 0.3) is 0 Å². The normalized spacial score (nSPS) is 17.4. The lowest BCUT2D eigenvalue weighted by Gasteiger charge is -2.37. The minimum Gasteiger partial charge on any atom is -0.478 e. The Morgan fingerprint density at radius 1 is 1.32 bits per heavy atom. The Kier molecular flexibility index (Phi) is 4.43. The number of anilines is 1. The number of piperidine rings is 1. The monoisotopic (exact) mass is 262 g/mol. The zero-order valence-corrected chi connectivity index (χ0v) is 11.7. The first-order valence-corrected chi connectivity index (χ1v) is 6.90. The minimum absolute atomic E-state index is 0.345. The molecule has 0 aliphatic carbocycles. The second kappa shape index (κ2) is 6.06. The zero-order chi connectivity index (χ0) is 13.8. The molecule has 104 valence electrons. The topological polar surface area (TPSA) is 43.8 Å². The van der Waals surface area contributed by atoms with Gasteiger partial charge in [0.05, 0.1) is 5.56 Å². The molecule has 1 aromatic rings. The van der Waals surface area contributed by atoms with Crippen LogP contribution >= 0.6 is 0 Å². The van der Waals surface area contributed by atoms with E-state index in [1.807, 2.05) is 12.1 Å². The first-order chi connectivity index (χ1) is 9.11. The van der Waals surface area contributed by atoms with E-state index in [0.29, 0.717) is 11.6 Å². The van der Waals surface area contributed by atoms with Crippen LogP contribution < -0.4 is 4.90 Å². The van der Waals surface area contributed by atoms with Gasteiger partial charge < -0.3 is 14.9 Å². The number of aromatic carboxylic acids is 1. The largest absolute Gasteiger partial charge is 0.478 e. The van der Waals surface area contributed by atoms with E-state index in [1.54, 1.807) is 12.1 Å².